The molecule has 1 aliphatic heterocycles. The summed E-state index contributed by atoms with van der Waals surface area (Å²) < 4.78 is 5.61. The van der Waals surface area contributed by atoms with Crippen LogP contribution in [0.1, 0.15) is 0 Å². The second-order valence-corrected chi connectivity index (χ2v) is 6.48. The molecule has 2 aromatic carbocycles. The zero-order valence-corrected chi connectivity index (χ0v) is 14.4. The molecule has 1 atom stereocenters. The number of benzene rings is 2. The molecule has 1 saturated heterocycles. The number of piperazine rings is 1. The standard InChI is InChI=1S/C19H23ClN2O2/c20-16-6-8-17(9-7-16)22-12-10-21(11-13-22)14-18(23)15-24-19-4-2-1-3-5-19/h1-9,18,23H,10-15H2. The predicted molar refractivity (Wildman–Crippen MR) is 98.0 cm³/mol. The molecule has 0 spiro atoms. The van der Waals surface area contributed by atoms with Crippen LogP contribution in [0.5, 0.6) is 5.75 Å². The summed E-state index contributed by atoms with van der Waals surface area (Å²) in [7, 11) is 0. The van der Waals surface area contributed by atoms with E-state index in [1.165, 1.54) is 5.69 Å². The summed E-state index contributed by atoms with van der Waals surface area (Å²) in [5, 5.41) is 10.9. The van der Waals surface area contributed by atoms with Crippen molar-refractivity contribution in [2.75, 3.05) is 44.2 Å². The van der Waals surface area contributed by atoms with Gasteiger partial charge in [-0.15, -0.1) is 0 Å². The van der Waals surface area contributed by atoms with Gasteiger partial charge in [0.2, 0.25) is 0 Å². The second-order valence-electron chi connectivity index (χ2n) is 6.04. The molecule has 1 N–H and O–H groups in total. The molecule has 0 saturated carbocycles. The highest BCUT2D eigenvalue weighted by Gasteiger charge is 2.19. The lowest BCUT2D eigenvalue weighted by atomic mass is 10.2. The van der Waals surface area contributed by atoms with Gasteiger partial charge in [0.15, 0.2) is 0 Å². The number of rotatable bonds is 6. The summed E-state index contributed by atoms with van der Waals surface area (Å²) in [6, 6.07) is 17.6. The number of hydrogen-bond acceptors (Lipinski definition) is 4. The van der Waals surface area contributed by atoms with Gasteiger partial charge < -0.3 is 14.7 Å². The third-order valence-corrected chi connectivity index (χ3v) is 4.47. The van der Waals surface area contributed by atoms with Crippen LogP contribution < -0.4 is 9.64 Å². The molecule has 0 radical (unpaired) electrons. The summed E-state index contributed by atoms with van der Waals surface area (Å²) >= 11 is 5.94. The average molecular weight is 347 g/mol. The Morgan fingerprint density at radius 1 is 0.958 bits per heavy atom. The number of aliphatic hydroxyl groups is 1. The molecule has 0 amide bonds. The van der Waals surface area contributed by atoms with Crippen LogP contribution >= 0.6 is 11.6 Å². The van der Waals surface area contributed by atoms with Crippen LogP contribution in [0.3, 0.4) is 0 Å². The highest BCUT2D eigenvalue weighted by molar-refractivity contribution is 6.30. The largest absolute Gasteiger partial charge is 0.491 e. The molecule has 0 aliphatic carbocycles. The first kappa shape index (κ1) is 17.1. The van der Waals surface area contributed by atoms with Crippen LogP contribution in [0, 0.1) is 0 Å². The van der Waals surface area contributed by atoms with Crippen LogP contribution in [-0.2, 0) is 0 Å². The van der Waals surface area contributed by atoms with Gasteiger partial charge in [-0.3, -0.25) is 4.90 Å². The maximum absolute atomic E-state index is 10.2. The number of ether oxygens (including phenoxy) is 1. The van der Waals surface area contributed by atoms with Gasteiger partial charge in [-0.2, -0.15) is 0 Å². The lowest BCUT2D eigenvalue weighted by molar-refractivity contribution is 0.0663. The number of aliphatic hydroxyl groups excluding tert-OH is 1. The van der Waals surface area contributed by atoms with Crippen molar-refractivity contribution in [2.24, 2.45) is 0 Å². The first-order valence-corrected chi connectivity index (χ1v) is 8.67. The molecule has 1 fully saturated rings. The van der Waals surface area contributed by atoms with Gasteiger partial charge in [-0.05, 0) is 36.4 Å². The smallest absolute Gasteiger partial charge is 0.119 e. The van der Waals surface area contributed by atoms with Gasteiger partial charge >= 0.3 is 0 Å². The Morgan fingerprint density at radius 2 is 1.62 bits per heavy atom. The fraction of sp³-hybridized carbons (Fsp3) is 0.368. The van der Waals surface area contributed by atoms with Crippen LogP contribution in [-0.4, -0.2) is 55.4 Å². The predicted octanol–water partition coefficient (Wildman–Crippen LogP) is 2.90. The van der Waals surface area contributed by atoms with E-state index in [0.29, 0.717) is 13.2 Å². The molecular formula is C19H23ClN2O2. The van der Waals surface area contributed by atoms with E-state index in [4.69, 9.17) is 16.3 Å². The van der Waals surface area contributed by atoms with Gasteiger partial charge in [-0.25, -0.2) is 0 Å². The summed E-state index contributed by atoms with van der Waals surface area (Å²) in [5.74, 6) is 0.795. The summed E-state index contributed by atoms with van der Waals surface area (Å²) in [6.45, 7) is 4.74. The van der Waals surface area contributed by atoms with Crippen LogP contribution in [0.15, 0.2) is 54.6 Å². The lowest BCUT2D eigenvalue weighted by Gasteiger charge is -2.36. The van der Waals surface area contributed by atoms with Crippen molar-refractivity contribution < 1.29 is 9.84 Å². The number of β-amino-alcohol motifs (C(OH)–C–C–N with tert-alkyl or cyclic N) is 1. The molecule has 3 rings (SSSR count). The third kappa shape index (κ3) is 4.87. The van der Waals surface area contributed by atoms with E-state index < -0.39 is 6.10 Å². The Balaban J connectivity index is 1.41. The molecule has 0 aromatic heterocycles. The minimum Gasteiger partial charge on any atom is -0.491 e. The Hall–Kier alpha value is -1.75. The van der Waals surface area contributed by atoms with E-state index in [-0.39, 0.29) is 0 Å². The van der Waals surface area contributed by atoms with Crippen LogP contribution in [0.4, 0.5) is 5.69 Å². The van der Waals surface area contributed by atoms with E-state index >= 15 is 0 Å². The SMILES string of the molecule is OC(COc1ccccc1)CN1CCN(c2ccc(Cl)cc2)CC1. The van der Waals surface area contributed by atoms with Crippen molar-refractivity contribution in [1.82, 2.24) is 4.90 Å². The van der Waals surface area contributed by atoms with Crippen molar-refractivity contribution in [3.8, 4) is 5.75 Å². The van der Waals surface area contributed by atoms with E-state index in [0.717, 1.165) is 37.0 Å². The molecule has 1 aliphatic rings. The molecule has 1 unspecified atom stereocenters. The van der Waals surface area contributed by atoms with Gasteiger partial charge in [0.1, 0.15) is 18.5 Å². The number of para-hydroxylation sites is 1. The Kier molecular flexibility index (Phi) is 5.96. The highest BCUT2D eigenvalue weighted by Crippen LogP contribution is 2.19. The van der Waals surface area contributed by atoms with E-state index in [1.807, 2.05) is 42.5 Å². The summed E-state index contributed by atoms with van der Waals surface area (Å²) in [4.78, 5) is 4.63. The minimum atomic E-state index is -0.479. The van der Waals surface area contributed by atoms with Gasteiger partial charge in [0, 0.05) is 43.4 Å². The first-order valence-electron chi connectivity index (χ1n) is 8.29. The number of nitrogens with zero attached hydrogens (tertiary/aromatic N) is 2. The van der Waals surface area contributed by atoms with Crippen LogP contribution in [0.2, 0.25) is 5.02 Å². The lowest BCUT2D eigenvalue weighted by Crippen LogP contribution is -2.49. The highest BCUT2D eigenvalue weighted by atomic mass is 35.5. The fourth-order valence-corrected chi connectivity index (χ4v) is 3.03. The van der Waals surface area contributed by atoms with Crippen molar-refractivity contribution in [3.63, 3.8) is 0 Å². The Morgan fingerprint density at radius 3 is 2.29 bits per heavy atom. The Bertz CT molecular complexity index is 613. The molecule has 5 heteroatoms. The van der Waals surface area contributed by atoms with E-state index in [9.17, 15) is 5.11 Å². The van der Waals surface area contributed by atoms with Gasteiger partial charge in [0.25, 0.3) is 0 Å². The normalized spacial score (nSPS) is 16.8. The third-order valence-electron chi connectivity index (χ3n) is 4.22. The molecule has 0 bridgehead atoms. The van der Waals surface area contributed by atoms with Crippen LogP contribution in [0.25, 0.3) is 0 Å². The van der Waals surface area contributed by atoms with E-state index in [1.54, 1.807) is 0 Å². The topological polar surface area (TPSA) is 35.9 Å². The summed E-state index contributed by atoms with van der Waals surface area (Å²) in [5.41, 5.74) is 1.20. The van der Waals surface area contributed by atoms with Gasteiger partial charge in [-0.1, -0.05) is 29.8 Å². The van der Waals surface area contributed by atoms with Crippen molar-refractivity contribution in [2.45, 2.75) is 6.10 Å². The zero-order chi connectivity index (χ0) is 16.8. The van der Waals surface area contributed by atoms with Crippen molar-refractivity contribution in [3.05, 3.63) is 59.6 Å². The molecule has 4 nitrogen and oxygen atoms in total. The molecule has 1 heterocycles. The number of anilines is 1. The average Bonchev–Trinajstić information content (AvgIpc) is 2.62. The number of halogens is 1. The molecule has 128 valence electrons. The monoisotopic (exact) mass is 346 g/mol. The van der Waals surface area contributed by atoms with Crippen molar-refractivity contribution >= 4 is 17.3 Å². The first-order chi connectivity index (χ1) is 11.7. The number of hydrogen-bond donors (Lipinski definition) is 1. The van der Waals surface area contributed by atoms with Crippen molar-refractivity contribution in [1.29, 1.82) is 0 Å². The van der Waals surface area contributed by atoms with E-state index in [2.05, 4.69) is 21.9 Å². The second kappa shape index (κ2) is 8.38. The fourth-order valence-electron chi connectivity index (χ4n) is 2.90. The molecule has 24 heavy (non-hydrogen) atoms. The minimum absolute atomic E-state index is 0.321. The molecule has 2 aromatic rings. The zero-order valence-electron chi connectivity index (χ0n) is 13.6. The quantitative estimate of drug-likeness (QED) is 0.872. The van der Waals surface area contributed by atoms with Gasteiger partial charge in [0.05, 0.1) is 0 Å². The Labute approximate surface area is 148 Å². The maximum Gasteiger partial charge on any atom is 0.119 e. The maximum atomic E-state index is 10.2. The summed E-state index contributed by atoms with van der Waals surface area (Å²) in [6.07, 6.45) is -0.479. The molecular weight excluding hydrogens is 324 g/mol.